The van der Waals surface area contributed by atoms with E-state index in [4.69, 9.17) is 0 Å². The highest BCUT2D eigenvalue weighted by Crippen LogP contribution is 2.20. The summed E-state index contributed by atoms with van der Waals surface area (Å²) in [6, 6.07) is 6.49. The van der Waals surface area contributed by atoms with E-state index in [1.54, 1.807) is 18.2 Å². The van der Waals surface area contributed by atoms with Gasteiger partial charge in [-0.25, -0.2) is 9.37 Å². The average molecular weight is 204 g/mol. The lowest BCUT2D eigenvalue weighted by Gasteiger charge is -1.98. The van der Waals surface area contributed by atoms with Crippen LogP contribution in [0.15, 0.2) is 35.5 Å². The van der Waals surface area contributed by atoms with Gasteiger partial charge < -0.3 is 0 Å². The van der Waals surface area contributed by atoms with Crippen LogP contribution in [0, 0.1) is 5.82 Å². The van der Waals surface area contributed by atoms with Crippen molar-refractivity contribution in [2.24, 2.45) is 4.99 Å². The molecule has 0 amide bonds. The molecule has 1 heterocycles. The Morgan fingerprint density at radius 1 is 1.43 bits per heavy atom. The molecule has 0 aliphatic rings. The number of pyridine rings is 1. The standard InChI is InChI=1S/C10H5FN2S/c11-9-3-1-2-7-4-10(13-6-14)12-5-8(7)9/h1-5H. The van der Waals surface area contributed by atoms with E-state index in [0.29, 0.717) is 11.2 Å². The maximum atomic E-state index is 13.2. The Hall–Kier alpha value is -1.64. The van der Waals surface area contributed by atoms with Gasteiger partial charge >= 0.3 is 0 Å². The lowest BCUT2D eigenvalue weighted by molar-refractivity contribution is 0.639. The lowest BCUT2D eigenvalue weighted by Crippen LogP contribution is -1.81. The van der Waals surface area contributed by atoms with Gasteiger partial charge in [-0.2, -0.15) is 4.99 Å². The molecular formula is C10H5FN2S. The van der Waals surface area contributed by atoms with Crippen LogP contribution in [0.1, 0.15) is 0 Å². The zero-order chi connectivity index (χ0) is 9.97. The fraction of sp³-hybridized carbons (Fsp3) is 0. The second kappa shape index (κ2) is 3.62. The van der Waals surface area contributed by atoms with Crippen LogP contribution >= 0.6 is 12.2 Å². The van der Waals surface area contributed by atoms with Crippen molar-refractivity contribution < 1.29 is 4.39 Å². The molecule has 0 radical (unpaired) electrons. The summed E-state index contributed by atoms with van der Waals surface area (Å²) < 4.78 is 13.2. The number of rotatable bonds is 1. The van der Waals surface area contributed by atoms with Crippen LogP contribution in [0.25, 0.3) is 10.8 Å². The van der Waals surface area contributed by atoms with Crippen molar-refractivity contribution >= 4 is 34.0 Å². The third-order valence-electron chi connectivity index (χ3n) is 1.86. The summed E-state index contributed by atoms with van der Waals surface area (Å²) in [5, 5.41) is 3.45. The molecule has 2 aromatic rings. The fourth-order valence-electron chi connectivity index (χ4n) is 1.23. The van der Waals surface area contributed by atoms with Crippen LogP contribution in [-0.2, 0) is 0 Å². The molecule has 0 saturated heterocycles. The van der Waals surface area contributed by atoms with E-state index in [9.17, 15) is 4.39 Å². The first kappa shape index (κ1) is 8.94. The van der Waals surface area contributed by atoms with Crippen molar-refractivity contribution in [3.63, 3.8) is 0 Å². The molecule has 4 heteroatoms. The predicted octanol–water partition coefficient (Wildman–Crippen LogP) is 3.11. The molecular weight excluding hydrogens is 199 g/mol. The molecule has 2 nitrogen and oxygen atoms in total. The quantitative estimate of drug-likeness (QED) is 0.526. The van der Waals surface area contributed by atoms with Gasteiger partial charge in [0, 0.05) is 11.6 Å². The number of aromatic nitrogens is 1. The highest BCUT2D eigenvalue weighted by atomic mass is 32.1. The molecule has 0 aliphatic heterocycles. The molecule has 1 aromatic carbocycles. The number of benzene rings is 1. The zero-order valence-corrected chi connectivity index (χ0v) is 7.88. The molecule has 0 bridgehead atoms. The Morgan fingerprint density at radius 3 is 3.07 bits per heavy atom. The van der Waals surface area contributed by atoms with Gasteiger partial charge in [0.2, 0.25) is 0 Å². The number of hydrogen-bond donors (Lipinski definition) is 0. The van der Waals surface area contributed by atoms with Gasteiger partial charge in [-0.05, 0) is 29.7 Å². The first-order valence-corrected chi connectivity index (χ1v) is 4.34. The van der Waals surface area contributed by atoms with Crippen molar-refractivity contribution in [3.8, 4) is 0 Å². The molecule has 14 heavy (non-hydrogen) atoms. The predicted molar refractivity (Wildman–Crippen MR) is 56.4 cm³/mol. The van der Waals surface area contributed by atoms with Crippen LogP contribution in [0.2, 0.25) is 0 Å². The molecule has 0 fully saturated rings. The number of isothiocyanates is 1. The minimum atomic E-state index is -0.284. The van der Waals surface area contributed by atoms with Crippen molar-refractivity contribution in [2.75, 3.05) is 0 Å². The third-order valence-corrected chi connectivity index (χ3v) is 1.95. The zero-order valence-electron chi connectivity index (χ0n) is 7.07. The Morgan fingerprint density at radius 2 is 2.29 bits per heavy atom. The largest absolute Gasteiger partial charge is 0.236 e. The Balaban J connectivity index is 2.73. The fourth-order valence-corrected chi connectivity index (χ4v) is 1.32. The minimum Gasteiger partial charge on any atom is -0.236 e. The van der Waals surface area contributed by atoms with Crippen LogP contribution in [0.4, 0.5) is 10.2 Å². The molecule has 0 saturated carbocycles. The second-order valence-corrected chi connectivity index (χ2v) is 2.89. The Kier molecular flexibility index (Phi) is 2.31. The SMILES string of the molecule is Fc1cccc2cc(N=C=S)ncc12. The average Bonchev–Trinajstić information content (AvgIpc) is 2.18. The van der Waals surface area contributed by atoms with Crippen molar-refractivity contribution in [1.82, 2.24) is 4.98 Å². The summed E-state index contributed by atoms with van der Waals surface area (Å²) >= 11 is 4.45. The molecule has 68 valence electrons. The summed E-state index contributed by atoms with van der Waals surface area (Å²) in [6.45, 7) is 0. The summed E-state index contributed by atoms with van der Waals surface area (Å²) in [6.07, 6.45) is 1.44. The van der Waals surface area contributed by atoms with Crippen LogP contribution < -0.4 is 0 Å². The van der Waals surface area contributed by atoms with Gasteiger partial charge in [0.25, 0.3) is 0 Å². The molecule has 0 spiro atoms. The van der Waals surface area contributed by atoms with Gasteiger partial charge in [-0.15, -0.1) is 0 Å². The van der Waals surface area contributed by atoms with Gasteiger partial charge in [-0.1, -0.05) is 12.1 Å². The first-order valence-electron chi connectivity index (χ1n) is 3.93. The van der Waals surface area contributed by atoms with Gasteiger partial charge in [0.1, 0.15) is 5.82 Å². The van der Waals surface area contributed by atoms with E-state index in [0.717, 1.165) is 5.39 Å². The lowest BCUT2D eigenvalue weighted by atomic mass is 10.2. The topological polar surface area (TPSA) is 25.2 Å². The number of fused-ring (bicyclic) bond motifs is 1. The summed E-state index contributed by atoms with van der Waals surface area (Å²) in [5.74, 6) is 0.158. The van der Waals surface area contributed by atoms with E-state index in [2.05, 4.69) is 27.4 Å². The van der Waals surface area contributed by atoms with Gasteiger partial charge in [0.15, 0.2) is 5.82 Å². The smallest absolute Gasteiger partial charge is 0.163 e. The Bertz CT molecular complexity index is 533. The second-order valence-electron chi connectivity index (χ2n) is 2.71. The summed E-state index contributed by atoms with van der Waals surface area (Å²) in [5.41, 5.74) is 0. The number of halogens is 1. The highest BCUT2D eigenvalue weighted by Gasteiger charge is 2.00. The number of aliphatic imine (C=N–C) groups is 1. The van der Waals surface area contributed by atoms with Crippen LogP contribution in [0.5, 0.6) is 0 Å². The third kappa shape index (κ3) is 1.53. The van der Waals surface area contributed by atoms with Crippen molar-refractivity contribution in [3.05, 3.63) is 36.3 Å². The van der Waals surface area contributed by atoms with Crippen molar-refractivity contribution in [1.29, 1.82) is 0 Å². The molecule has 0 N–H and O–H groups in total. The van der Waals surface area contributed by atoms with Crippen molar-refractivity contribution in [2.45, 2.75) is 0 Å². The number of thiocarbonyl (C=S) groups is 1. The van der Waals surface area contributed by atoms with E-state index in [-0.39, 0.29) is 5.82 Å². The molecule has 0 aliphatic carbocycles. The number of nitrogens with zero attached hydrogens (tertiary/aromatic N) is 2. The van der Waals surface area contributed by atoms with Gasteiger partial charge in [-0.3, -0.25) is 0 Å². The van der Waals surface area contributed by atoms with Crippen LogP contribution in [0.3, 0.4) is 0 Å². The first-order chi connectivity index (χ1) is 6.81. The maximum Gasteiger partial charge on any atom is 0.163 e. The summed E-state index contributed by atoms with van der Waals surface area (Å²) in [4.78, 5) is 7.64. The van der Waals surface area contributed by atoms with E-state index >= 15 is 0 Å². The van der Waals surface area contributed by atoms with E-state index in [1.807, 2.05) is 0 Å². The normalized spacial score (nSPS) is 9.79. The van der Waals surface area contributed by atoms with E-state index < -0.39 is 0 Å². The van der Waals surface area contributed by atoms with E-state index in [1.165, 1.54) is 12.3 Å². The Labute approximate surface area is 85.1 Å². The highest BCUT2D eigenvalue weighted by molar-refractivity contribution is 7.78. The number of hydrogen-bond acceptors (Lipinski definition) is 3. The minimum absolute atomic E-state index is 0.284. The summed E-state index contributed by atoms with van der Waals surface area (Å²) in [7, 11) is 0. The van der Waals surface area contributed by atoms with Gasteiger partial charge in [0.05, 0.1) is 5.16 Å². The monoisotopic (exact) mass is 204 g/mol. The molecule has 1 aromatic heterocycles. The van der Waals surface area contributed by atoms with Crippen LogP contribution in [-0.4, -0.2) is 10.1 Å². The molecule has 0 atom stereocenters. The molecule has 0 unspecified atom stereocenters. The molecule has 2 rings (SSSR count). The maximum absolute atomic E-state index is 13.2.